The van der Waals surface area contributed by atoms with Gasteiger partial charge in [-0.15, -0.1) is 10.2 Å². The molecule has 0 amide bonds. The first kappa shape index (κ1) is 13.4. The van der Waals surface area contributed by atoms with E-state index < -0.39 is 11.6 Å². The van der Waals surface area contributed by atoms with E-state index in [2.05, 4.69) is 15.5 Å². The lowest BCUT2D eigenvalue weighted by Crippen LogP contribution is -2.05. The van der Waals surface area contributed by atoms with Crippen LogP contribution in [0.2, 0.25) is 0 Å². The second-order valence-electron chi connectivity index (χ2n) is 4.45. The second kappa shape index (κ2) is 4.91. The fraction of sp³-hybridized carbons (Fsp3) is 0.286. The Hall–Kier alpha value is -2.04. The highest BCUT2D eigenvalue weighted by Crippen LogP contribution is 2.31. The van der Waals surface area contributed by atoms with Gasteiger partial charge in [0.05, 0.1) is 5.56 Å². The normalized spacial score (nSPS) is 10.6. The molecule has 0 saturated carbocycles. The molecule has 1 aromatic carbocycles. The van der Waals surface area contributed by atoms with Gasteiger partial charge in [0.25, 0.3) is 0 Å². The third kappa shape index (κ3) is 2.16. The monoisotopic (exact) mass is 263 g/mol. The van der Waals surface area contributed by atoms with E-state index in [0.29, 0.717) is 16.9 Å². The number of anilines is 1. The molecule has 0 saturated heterocycles. The first-order valence-corrected chi connectivity index (χ1v) is 5.94. The van der Waals surface area contributed by atoms with Crippen molar-refractivity contribution >= 4 is 5.82 Å². The van der Waals surface area contributed by atoms with E-state index in [-0.39, 0.29) is 11.3 Å². The number of aromatic nitrogens is 2. The van der Waals surface area contributed by atoms with Crippen molar-refractivity contribution in [1.82, 2.24) is 10.2 Å². The number of nitrogens with zero attached hydrogens (tertiary/aromatic N) is 2. The largest absolute Gasteiger partial charge is 0.371 e. The van der Waals surface area contributed by atoms with Crippen LogP contribution in [0, 0.1) is 32.4 Å². The van der Waals surface area contributed by atoms with E-state index in [1.165, 1.54) is 12.1 Å². The van der Waals surface area contributed by atoms with Gasteiger partial charge < -0.3 is 5.32 Å². The maximum Gasteiger partial charge on any atom is 0.151 e. The number of aryl methyl sites for hydroxylation is 1. The van der Waals surface area contributed by atoms with Crippen LogP contribution in [0.1, 0.15) is 16.7 Å². The molecule has 0 aliphatic heterocycles. The van der Waals surface area contributed by atoms with Crippen LogP contribution >= 0.6 is 0 Å². The van der Waals surface area contributed by atoms with Crippen molar-refractivity contribution in [2.24, 2.45) is 0 Å². The van der Waals surface area contributed by atoms with E-state index in [1.807, 2.05) is 6.92 Å². The number of halogens is 2. The average Bonchev–Trinajstić information content (AvgIpc) is 2.39. The van der Waals surface area contributed by atoms with Crippen LogP contribution in [0.3, 0.4) is 0 Å². The van der Waals surface area contributed by atoms with Crippen molar-refractivity contribution < 1.29 is 8.78 Å². The quantitative estimate of drug-likeness (QED) is 0.902. The standard InChI is InChI=1S/C14H15F2N3/c1-7-5-6-10(15)11(12(7)16)13-8(2)9(3)14(17-4)19-18-13/h5-6H,1-4H3,(H,17,19). The van der Waals surface area contributed by atoms with Crippen molar-refractivity contribution in [3.63, 3.8) is 0 Å². The minimum absolute atomic E-state index is 0.115. The molecule has 1 heterocycles. The summed E-state index contributed by atoms with van der Waals surface area (Å²) in [5.74, 6) is -0.610. The Labute approximate surface area is 110 Å². The number of rotatable bonds is 2. The smallest absolute Gasteiger partial charge is 0.151 e. The first-order valence-electron chi connectivity index (χ1n) is 5.94. The lowest BCUT2D eigenvalue weighted by molar-refractivity contribution is 0.582. The molecule has 0 bridgehead atoms. The fourth-order valence-corrected chi connectivity index (χ4v) is 1.95. The van der Waals surface area contributed by atoms with E-state index >= 15 is 0 Å². The molecule has 0 radical (unpaired) electrons. The summed E-state index contributed by atoms with van der Waals surface area (Å²) in [6, 6.07) is 2.65. The highest BCUT2D eigenvalue weighted by Gasteiger charge is 2.19. The van der Waals surface area contributed by atoms with E-state index in [0.717, 1.165) is 5.56 Å². The van der Waals surface area contributed by atoms with Gasteiger partial charge in [-0.1, -0.05) is 6.07 Å². The molecule has 0 aliphatic carbocycles. The zero-order valence-corrected chi connectivity index (χ0v) is 11.3. The summed E-state index contributed by atoms with van der Waals surface area (Å²) >= 11 is 0. The average molecular weight is 263 g/mol. The zero-order chi connectivity index (χ0) is 14.2. The highest BCUT2D eigenvalue weighted by atomic mass is 19.1. The van der Waals surface area contributed by atoms with Crippen LogP contribution < -0.4 is 5.32 Å². The Morgan fingerprint density at radius 2 is 1.68 bits per heavy atom. The molecule has 19 heavy (non-hydrogen) atoms. The van der Waals surface area contributed by atoms with Crippen molar-refractivity contribution in [3.05, 3.63) is 40.5 Å². The molecular weight excluding hydrogens is 248 g/mol. The maximum atomic E-state index is 14.1. The molecule has 3 nitrogen and oxygen atoms in total. The minimum atomic E-state index is -0.628. The van der Waals surface area contributed by atoms with Crippen LogP contribution in [-0.4, -0.2) is 17.2 Å². The van der Waals surface area contributed by atoms with Crippen molar-refractivity contribution in [3.8, 4) is 11.3 Å². The zero-order valence-electron chi connectivity index (χ0n) is 11.3. The Bertz CT molecular complexity index is 639. The number of hydrogen-bond acceptors (Lipinski definition) is 3. The molecular formula is C14H15F2N3. The van der Waals surface area contributed by atoms with E-state index in [9.17, 15) is 8.78 Å². The predicted octanol–water partition coefficient (Wildman–Crippen LogP) is 3.39. The third-order valence-corrected chi connectivity index (χ3v) is 3.28. The summed E-state index contributed by atoms with van der Waals surface area (Å²) in [7, 11) is 1.73. The van der Waals surface area contributed by atoms with Gasteiger partial charge in [0.2, 0.25) is 0 Å². The van der Waals surface area contributed by atoms with Gasteiger partial charge >= 0.3 is 0 Å². The molecule has 0 fully saturated rings. The summed E-state index contributed by atoms with van der Waals surface area (Å²) < 4.78 is 28.0. The lowest BCUT2D eigenvalue weighted by atomic mass is 10.0. The summed E-state index contributed by atoms with van der Waals surface area (Å²) in [6.07, 6.45) is 0. The maximum absolute atomic E-state index is 14.1. The van der Waals surface area contributed by atoms with E-state index in [1.54, 1.807) is 20.9 Å². The summed E-state index contributed by atoms with van der Waals surface area (Å²) in [5, 5.41) is 10.8. The van der Waals surface area contributed by atoms with Gasteiger partial charge in [-0.05, 0) is 43.5 Å². The minimum Gasteiger partial charge on any atom is -0.371 e. The Morgan fingerprint density at radius 1 is 1.00 bits per heavy atom. The van der Waals surface area contributed by atoms with Gasteiger partial charge in [0.15, 0.2) is 5.82 Å². The van der Waals surface area contributed by atoms with Crippen LogP contribution in [0.15, 0.2) is 12.1 Å². The predicted molar refractivity (Wildman–Crippen MR) is 71.1 cm³/mol. The molecule has 0 unspecified atom stereocenters. The Balaban J connectivity index is 2.73. The van der Waals surface area contributed by atoms with Gasteiger partial charge in [-0.3, -0.25) is 0 Å². The van der Waals surface area contributed by atoms with Gasteiger partial charge in [0, 0.05) is 7.05 Å². The number of nitrogens with one attached hydrogen (secondary N) is 1. The van der Waals surface area contributed by atoms with Crippen molar-refractivity contribution in [2.75, 3.05) is 12.4 Å². The fourth-order valence-electron chi connectivity index (χ4n) is 1.95. The SMILES string of the molecule is CNc1nnc(-c2c(F)ccc(C)c2F)c(C)c1C. The lowest BCUT2D eigenvalue weighted by Gasteiger charge is -2.12. The highest BCUT2D eigenvalue weighted by molar-refractivity contribution is 5.68. The van der Waals surface area contributed by atoms with Crippen LogP contribution in [0.25, 0.3) is 11.3 Å². The topological polar surface area (TPSA) is 37.8 Å². The van der Waals surface area contributed by atoms with Crippen LogP contribution in [0.4, 0.5) is 14.6 Å². The van der Waals surface area contributed by atoms with E-state index in [4.69, 9.17) is 0 Å². The number of hydrogen-bond donors (Lipinski definition) is 1. The van der Waals surface area contributed by atoms with Crippen molar-refractivity contribution in [1.29, 1.82) is 0 Å². The molecule has 0 spiro atoms. The summed E-state index contributed by atoms with van der Waals surface area (Å²) in [5.41, 5.74) is 2.05. The molecule has 0 aliphatic rings. The Morgan fingerprint density at radius 3 is 2.32 bits per heavy atom. The molecule has 2 aromatic rings. The molecule has 1 N–H and O–H groups in total. The number of benzene rings is 1. The molecule has 100 valence electrons. The Kier molecular flexibility index (Phi) is 3.46. The van der Waals surface area contributed by atoms with Crippen LogP contribution in [-0.2, 0) is 0 Å². The molecule has 5 heteroatoms. The van der Waals surface area contributed by atoms with Gasteiger partial charge in [-0.2, -0.15) is 0 Å². The third-order valence-electron chi connectivity index (χ3n) is 3.28. The molecule has 0 atom stereocenters. The molecule has 1 aromatic heterocycles. The summed E-state index contributed by atoms with van der Waals surface area (Å²) in [4.78, 5) is 0. The first-order chi connectivity index (χ1) is 8.97. The molecule has 2 rings (SSSR count). The van der Waals surface area contributed by atoms with Gasteiger partial charge in [-0.25, -0.2) is 8.78 Å². The second-order valence-corrected chi connectivity index (χ2v) is 4.45. The van der Waals surface area contributed by atoms with Gasteiger partial charge in [0.1, 0.15) is 17.3 Å². The van der Waals surface area contributed by atoms with Crippen LogP contribution in [0.5, 0.6) is 0 Å². The van der Waals surface area contributed by atoms with Crippen molar-refractivity contribution in [2.45, 2.75) is 20.8 Å². The summed E-state index contributed by atoms with van der Waals surface area (Å²) in [6.45, 7) is 5.21.